The standard InChI is InChI=1S/C20H21AsF3N3O5/c1-12-17(30-15-7-9-27(10-8-15)19(28)29)25-11-26-18(12)32-21-13(2)14-3-5-16(6-4-14)31-20(22,23)24/h3-6,11,15H,7-10H2,1-2H3,(H,28,29). The number of likely N-dealkylation sites (tertiary alicyclic amines) is 1. The summed E-state index contributed by atoms with van der Waals surface area (Å²) in [5, 5.41) is 9.04. The van der Waals surface area contributed by atoms with Crippen molar-refractivity contribution in [2.45, 2.75) is 39.2 Å². The van der Waals surface area contributed by atoms with Crippen molar-refractivity contribution in [2.75, 3.05) is 13.1 Å². The van der Waals surface area contributed by atoms with Crippen LogP contribution in [0.5, 0.6) is 17.5 Å². The number of carboxylic acid groups (broad SMARTS) is 1. The van der Waals surface area contributed by atoms with Crippen LogP contribution in [0.1, 0.15) is 30.9 Å². The summed E-state index contributed by atoms with van der Waals surface area (Å²) in [6.07, 6.45) is -3.34. The molecule has 1 fully saturated rings. The predicted molar refractivity (Wildman–Crippen MR) is 109 cm³/mol. The van der Waals surface area contributed by atoms with Gasteiger partial charge in [-0.25, -0.2) is 0 Å². The van der Waals surface area contributed by atoms with Gasteiger partial charge >= 0.3 is 189 Å². The Hall–Kier alpha value is -2.81. The molecule has 1 aromatic carbocycles. The SMILES string of the molecule is C/C(=[As]/Oc1ncnc(OC2CCN(C(=O)O)CC2)c1C)c1ccc(OC(F)(F)F)cc1. The Morgan fingerprint density at radius 3 is 2.38 bits per heavy atom. The molecule has 1 aromatic heterocycles. The van der Waals surface area contributed by atoms with Crippen molar-refractivity contribution in [1.29, 1.82) is 0 Å². The molecule has 0 unspecified atom stereocenters. The van der Waals surface area contributed by atoms with Crippen LogP contribution in [-0.4, -0.2) is 71.6 Å². The molecule has 0 atom stereocenters. The Morgan fingerprint density at radius 1 is 1.16 bits per heavy atom. The van der Waals surface area contributed by atoms with Gasteiger partial charge in [0.15, 0.2) is 0 Å². The van der Waals surface area contributed by atoms with E-state index in [1.54, 1.807) is 19.1 Å². The van der Waals surface area contributed by atoms with E-state index in [4.69, 9.17) is 13.6 Å². The molecule has 8 nitrogen and oxygen atoms in total. The fourth-order valence-electron chi connectivity index (χ4n) is 3.01. The predicted octanol–water partition coefficient (Wildman–Crippen LogP) is 3.44. The first kappa shape index (κ1) is 23.8. The third-order valence-corrected chi connectivity index (χ3v) is 6.43. The van der Waals surface area contributed by atoms with Crippen molar-refractivity contribution in [3.63, 3.8) is 0 Å². The van der Waals surface area contributed by atoms with Gasteiger partial charge in [-0.2, -0.15) is 0 Å². The number of rotatable bonds is 6. The van der Waals surface area contributed by atoms with Gasteiger partial charge < -0.3 is 0 Å². The molecule has 0 aliphatic carbocycles. The van der Waals surface area contributed by atoms with Crippen molar-refractivity contribution in [3.8, 4) is 17.5 Å². The average molecular weight is 515 g/mol. The number of piperidine rings is 1. The van der Waals surface area contributed by atoms with E-state index < -0.39 is 28.1 Å². The van der Waals surface area contributed by atoms with Crippen molar-refractivity contribution >= 4 is 26.0 Å². The molecule has 0 radical (unpaired) electrons. The molecule has 1 aliphatic rings. The van der Waals surface area contributed by atoms with Gasteiger partial charge in [-0.1, -0.05) is 0 Å². The number of aromatic nitrogens is 2. The van der Waals surface area contributed by atoms with E-state index >= 15 is 0 Å². The minimum absolute atomic E-state index is 0.147. The molecule has 3 rings (SSSR count). The molecule has 172 valence electrons. The zero-order valence-electron chi connectivity index (χ0n) is 17.3. The molecule has 1 N–H and O–H groups in total. The molecule has 2 heterocycles. The van der Waals surface area contributed by atoms with Crippen LogP contribution in [0.2, 0.25) is 0 Å². The Kier molecular flexibility index (Phi) is 7.60. The van der Waals surface area contributed by atoms with Crippen LogP contribution in [-0.2, 0) is 0 Å². The Bertz CT molecular complexity index is 977. The van der Waals surface area contributed by atoms with Crippen LogP contribution < -0.4 is 13.2 Å². The maximum absolute atomic E-state index is 12.3. The third kappa shape index (κ3) is 6.59. The summed E-state index contributed by atoms with van der Waals surface area (Å²) in [4.78, 5) is 20.7. The van der Waals surface area contributed by atoms with E-state index in [2.05, 4.69) is 14.7 Å². The molecule has 0 saturated carbocycles. The summed E-state index contributed by atoms with van der Waals surface area (Å²) >= 11 is -0.795. The summed E-state index contributed by atoms with van der Waals surface area (Å²) in [6.45, 7) is 4.42. The van der Waals surface area contributed by atoms with Crippen molar-refractivity contribution in [3.05, 3.63) is 41.7 Å². The van der Waals surface area contributed by atoms with Gasteiger partial charge in [0.05, 0.1) is 0 Å². The quantitative estimate of drug-likeness (QED) is 0.590. The molecule has 1 aliphatic heterocycles. The van der Waals surface area contributed by atoms with E-state index in [-0.39, 0.29) is 11.9 Å². The second-order valence-electron chi connectivity index (χ2n) is 7.04. The summed E-state index contributed by atoms with van der Waals surface area (Å²) in [5.74, 6) is 0.472. The number of carbonyl (C=O) groups is 1. The molecule has 0 bridgehead atoms. The number of benzene rings is 1. The molecular weight excluding hydrogens is 494 g/mol. The van der Waals surface area contributed by atoms with Gasteiger partial charge in [0.1, 0.15) is 0 Å². The monoisotopic (exact) mass is 515 g/mol. The number of halogens is 3. The van der Waals surface area contributed by atoms with Gasteiger partial charge in [-0.05, 0) is 0 Å². The van der Waals surface area contributed by atoms with Crippen LogP contribution >= 0.6 is 0 Å². The first-order valence-corrected chi connectivity index (χ1v) is 11.4. The molecule has 1 amide bonds. The van der Waals surface area contributed by atoms with Crippen molar-refractivity contribution in [2.24, 2.45) is 0 Å². The van der Waals surface area contributed by atoms with E-state index in [1.165, 1.54) is 23.4 Å². The molecule has 2 aromatic rings. The van der Waals surface area contributed by atoms with Gasteiger partial charge in [0.25, 0.3) is 0 Å². The van der Waals surface area contributed by atoms with E-state index in [9.17, 15) is 18.0 Å². The Balaban J connectivity index is 1.63. The molecule has 32 heavy (non-hydrogen) atoms. The minimum atomic E-state index is -4.73. The zero-order chi connectivity index (χ0) is 23.3. The Labute approximate surface area is 188 Å². The van der Waals surface area contributed by atoms with Crippen molar-refractivity contribution in [1.82, 2.24) is 14.9 Å². The number of alkyl halides is 3. The van der Waals surface area contributed by atoms with E-state index in [0.29, 0.717) is 43.3 Å². The molecular formula is C20H21AsF3N3O5. The average Bonchev–Trinajstić information content (AvgIpc) is 2.74. The Morgan fingerprint density at radius 2 is 1.78 bits per heavy atom. The first-order valence-electron chi connectivity index (χ1n) is 9.66. The first-order chi connectivity index (χ1) is 15.1. The van der Waals surface area contributed by atoms with Gasteiger partial charge in [-0.15, -0.1) is 0 Å². The second-order valence-corrected chi connectivity index (χ2v) is 9.21. The topological polar surface area (TPSA) is 94.0 Å². The van der Waals surface area contributed by atoms with Crippen LogP contribution in [0, 0.1) is 6.92 Å². The summed E-state index contributed by atoms with van der Waals surface area (Å²) in [7, 11) is 0. The summed E-state index contributed by atoms with van der Waals surface area (Å²) in [5.41, 5.74) is 1.37. The van der Waals surface area contributed by atoms with E-state index in [0.717, 1.165) is 9.87 Å². The number of nitrogens with zero attached hydrogens (tertiary/aromatic N) is 3. The van der Waals surface area contributed by atoms with Crippen LogP contribution in [0.15, 0.2) is 30.6 Å². The van der Waals surface area contributed by atoms with E-state index in [1.807, 2.05) is 6.92 Å². The molecule has 0 spiro atoms. The van der Waals surface area contributed by atoms with Crippen LogP contribution in [0.3, 0.4) is 0 Å². The fourth-order valence-corrected chi connectivity index (χ4v) is 4.40. The maximum atomic E-state index is 12.3. The fraction of sp³-hybridized carbons (Fsp3) is 0.400. The molecule has 12 heteroatoms. The van der Waals surface area contributed by atoms with Gasteiger partial charge in [-0.3, -0.25) is 0 Å². The number of hydrogen-bond acceptors (Lipinski definition) is 6. The number of ether oxygens (including phenoxy) is 2. The van der Waals surface area contributed by atoms with Gasteiger partial charge in [0, 0.05) is 0 Å². The second kappa shape index (κ2) is 10.2. The van der Waals surface area contributed by atoms with Crippen molar-refractivity contribution < 1.29 is 36.3 Å². The zero-order valence-corrected chi connectivity index (χ0v) is 19.2. The van der Waals surface area contributed by atoms with Crippen LogP contribution in [0.4, 0.5) is 18.0 Å². The van der Waals surface area contributed by atoms with Crippen LogP contribution in [0.25, 0.3) is 0 Å². The number of amides is 1. The summed E-state index contributed by atoms with van der Waals surface area (Å²) < 4.78 is 53.4. The number of hydrogen-bond donors (Lipinski definition) is 1. The normalized spacial score (nSPS) is 15.4. The van der Waals surface area contributed by atoms with Gasteiger partial charge in [0.2, 0.25) is 0 Å². The summed E-state index contributed by atoms with van der Waals surface area (Å²) in [6, 6.07) is 5.59. The molecule has 1 saturated heterocycles. The third-order valence-electron chi connectivity index (χ3n) is 4.76.